The van der Waals surface area contributed by atoms with Crippen LogP contribution in [0.5, 0.6) is 0 Å². The molecule has 0 bridgehead atoms. The third-order valence-corrected chi connectivity index (χ3v) is 11.4. The highest BCUT2D eigenvalue weighted by Gasteiger charge is 2.22. The van der Waals surface area contributed by atoms with Crippen LogP contribution in [0.15, 0.2) is 170 Å². The highest BCUT2D eigenvalue weighted by molar-refractivity contribution is 7.26. The first-order valence-corrected chi connectivity index (χ1v) is 18.0. The molecule has 0 spiro atoms. The smallest absolute Gasteiger partial charge is 0.0648 e. The molecular formula is C50H34N2S. The number of rotatable bonds is 4. The zero-order valence-corrected chi connectivity index (χ0v) is 29.3. The molecule has 2 nitrogen and oxygen atoms in total. The van der Waals surface area contributed by atoms with Gasteiger partial charge in [0.15, 0.2) is 0 Å². The molecule has 0 radical (unpaired) electrons. The van der Waals surface area contributed by atoms with Crippen molar-refractivity contribution in [3.63, 3.8) is 0 Å². The maximum atomic E-state index is 9.87. The summed E-state index contributed by atoms with van der Waals surface area (Å²) in [6, 6.07) is 24.4. The van der Waals surface area contributed by atoms with E-state index < -0.39 is 42.3 Å². The Morgan fingerprint density at radius 3 is 1.92 bits per heavy atom. The fourth-order valence-corrected chi connectivity index (χ4v) is 9.24. The summed E-state index contributed by atoms with van der Waals surface area (Å²) in [6.45, 7) is 3.07. The highest BCUT2D eigenvalue weighted by Crippen LogP contribution is 2.46. The van der Waals surface area contributed by atoms with E-state index in [0.29, 0.717) is 5.69 Å². The molecule has 250 valence electrons. The lowest BCUT2D eigenvalue weighted by atomic mass is 10.00. The molecular weight excluding hydrogens is 661 g/mol. The van der Waals surface area contributed by atoms with Gasteiger partial charge in [-0.3, -0.25) is 0 Å². The fraction of sp³-hybridized carbons (Fsp3) is 0.0400. The minimum Gasteiger partial charge on any atom is -0.309 e. The average Bonchev–Trinajstić information content (AvgIpc) is 4.01. The molecule has 3 aromatic heterocycles. The van der Waals surface area contributed by atoms with Crippen LogP contribution >= 0.6 is 11.3 Å². The topological polar surface area (TPSA) is 9.86 Å². The van der Waals surface area contributed by atoms with E-state index in [1.165, 1.54) is 11.5 Å². The van der Waals surface area contributed by atoms with Crippen molar-refractivity contribution in [1.29, 1.82) is 0 Å². The van der Waals surface area contributed by atoms with E-state index >= 15 is 0 Å². The molecule has 0 saturated heterocycles. The zero-order chi connectivity index (χ0) is 46.5. The Hall–Kier alpha value is -6.42. The van der Waals surface area contributed by atoms with Gasteiger partial charge in [-0.15, -0.1) is 11.3 Å². The standard InChI is InChI=1S/C50H34N2S/c1-31-13-8-18-35(29-31)51-42-25-7-6-20-41(42)47-44(51)27-28-45-48(47)46-32(2)14-9-26-43(46)52(45)36-19-10-17-34(30-36)38-22-12-24-40-39-23-11-21-37(49(39)53-50(38)40)33-15-4-3-5-16-33/h3-30H,1-2H3/i6D,7D,8D,9D,13D,14D,18D,20D,25D,26D,27D,28D,29D. The van der Waals surface area contributed by atoms with Crippen molar-refractivity contribution in [1.82, 2.24) is 9.13 Å². The van der Waals surface area contributed by atoms with Crippen molar-refractivity contribution in [3.05, 3.63) is 181 Å². The number of aryl methyl sites for hydroxylation is 1. The molecule has 3 heterocycles. The Labute approximate surface area is 329 Å². The molecule has 0 aliphatic heterocycles. The number of aromatic nitrogens is 2. The third kappa shape index (κ3) is 4.44. The highest BCUT2D eigenvalue weighted by atomic mass is 32.1. The first-order valence-electron chi connectivity index (χ1n) is 23.7. The van der Waals surface area contributed by atoms with Crippen LogP contribution in [-0.2, 0) is 0 Å². The Bertz CT molecular complexity index is 3970. The summed E-state index contributed by atoms with van der Waals surface area (Å²) in [6.07, 6.45) is 0. The van der Waals surface area contributed by atoms with Crippen LogP contribution in [-0.4, -0.2) is 9.13 Å². The van der Waals surface area contributed by atoms with E-state index in [9.17, 15) is 8.22 Å². The lowest BCUT2D eigenvalue weighted by Crippen LogP contribution is -1.95. The minimum absolute atomic E-state index is 0.0384. The quantitative estimate of drug-likeness (QED) is 0.172. The van der Waals surface area contributed by atoms with Crippen molar-refractivity contribution in [2.75, 3.05) is 0 Å². The summed E-state index contributed by atoms with van der Waals surface area (Å²) in [7, 11) is 0. The van der Waals surface area contributed by atoms with Gasteiger partial charge in [0.05, 0.1) is 39.9 Å². The van der Waals surface area contributed by atoms with Gasteiger partial charge in [0, 0.05) is 53.1 Å². The maximum Gasteiger partial charge on any atom is 0.0648 e. The Kier molecular flexibility index (Phi) is 4.35. The second-order valence-electron chi connectivity index (χ2n) is 13.2. The van der Waals surface area contributed by atoms with Crippen molar-refractivity contribution in [3.8, 4) is 33.6 Å². The summed E-state index contributed by atoms with van der Waals surface area (Å²) in [5, 5.41) is 2.63. The summed E-state index contributed by atoms with van der Waals surface area (Å²) in [5.74, 6) is 0. The zero-order valence-electron chi connectivity index (χ0n) is 41.5. The van der Waals surface area contributed by atoms with Crippen LogP contribution in [0.25, 0.3) is 97.4 Å². The lowest BCUT2D eigenvalue weighted by Gasteiger charge is -2.11. The Morgan fingerprint density at radius 2 is 1.11 bits per heavy atom. The predicted molar refractivity (Wildman–Crippen MR) is 228 cm³/mol. The van der Waals surface area contributed by atoms with Crippen LogP contribution in [0.1, 0.15) is 28.9 Å². The average molecular weight is 708 g/mol. The first-order chi connectivity index (χ1) is 31.6. The molecule has 11 rings (SSSR count). The van der Waals surface area contributed by atoms with E-state index in [0.717, 1.165) is 42.4 Å². The van der Waals surface area contributed by atoms with E-state index in [1.54, 1.807) is 28.9 Å². The van der Waals surface area contributed by atoms with Gasteiger partial charge < -0.3 is 9.13 Å². The van der Waals surface area contributed by atoms with Crippen molar-refractivity contribution >= 4 is 75.1 Å². The Balaban J connectivity index is 1.30. The SMILES string of the molecule is [2H]c1c([2H])c(C)c([2H])c(-n2c3c([2H])c([2H])c([2H])c([2H])c3c3c4c5c(C)c([2H])c([2H])c([2H])c5n(-c5cccc(-c6cccc7c6sc6c(-c8ccccc8)cccc67)c5)c4c([2H])c([2H])c32)c1[2H]. The molecule has 53 heavy (non-hydrogen) atoms. The number of thiophene rings is 1. The van der Waals surface area contributed by atoms with Crippen molar-refractivity contribution in [2.24, 2.45) is 0 Å². The molecule has 0 amide bonds. The number of fused-ring (bicyclic) bond motifs is 10. The molecule has 0 aliphatic rings. The van der Waals surface area contributed by atoms with Crippen LogP contribution in [0.2, 0.25) is 0 Å². The van der Waals surface area contributed by atoms with Crippen LogP contribution in [0, 0.1) is 13.8 Å². The monoisotopic (exact) mass is 707 g/mol. The summed E-state index contributed by atoms with van der Waals surface area (Å²) in [5.41, 5.74) is 4.35. The van der Waals surface area contributed by atoms with Crippen LogP contribution in [0.3, 0.4) is 0 Å². The van der Waals surface area contributed by atoms with Gasteiger partial charge in [-0.25, -0.2) is 0 Å². The first kappa shape index (κ1) is 20.0. The predicted octanol–water partition coefficient (Wildman–Crippen LogP) is 14.2. The molecule has 0 fully saturated rings. The Morgan fingerprint density at radius 1 is 0.472 bits per heavy atom. The van der Waals surface area contributed by atoms with Crippen molar-refractivity contribution in [2.45, 2.75) is 13.8 Å². The second-order valence-corrected chi connectivity index (χ2v) is 14.2. The van der Waals surface area contributed by atoms with E-state index in [1.807, 2.05) is 48.5 Å². The van der Waals surface area contributed by atoms with Crippen molar-refractivity contribution < 1.29 is 17.8 Å². The van der Waals surface area contributed by atoms with Gasteiger partial charge in [0.25, 0.3) is 0 Å². The van der Waals surface area contributed by atoms with E-state index in [2.05, 4.69) is 36.4 Å². The lowest BCUT2D eigenvalue weighted by molar-refractivity contribution is 1.17. The normalized spacial score (nSPS) is 15.4. The molecule has 0 N–H and O–H groups in total. The summed E-state index contributed by atoms with van der Waals surface area (Å²) in [4.78, 5) is 0. The van der Waals surface area contributed by atoms with Gasteiger partial charge in [-0.1, -0.05) is 121 Å². The van der Waals surface area contributed by atoms with Crippen LogP contribution in [0.4, 0.5) is 0 Å². The molecule has 0 saturated carbocycles. The number of benzene rings is 8. The molecule has 0 aliphatic carbocycles. The molecule has 8 aromatic carbocycles. The van der Waals surface area contributed by atoms with Gasteiger partial charge in [-0.2, -0.15) is 0 Å². The van der Waals surface area contributed by atoms with Crippen LogP contribution < -0.4 is 0 Å². The largest absolute Gasteiger partial charge is 0.309 e. The van der Waals surface area contributed by atoms with E-state index in [4.69, 9.17) is 9.60 Å². The number of hydrogen-bond acceptors (Lipinski definition) is 1. The molecule has 0 unspecified atom stereocenters. The van der Waals surface area contributed by atoms with Gasteiger partial charge in [0.1, 0.15) is 0 Å². The second kappa shape index (κ2) is 11.5. The minimum atomic E-state index is -0.621. The van der Waals surface area contributed by atoms with Gasteiger partial charge in [-0.05, 0) is 95.6 Å². The third-order valence-electron chi connectivity index (χ3n) is 10.1. The summed E-state index contributed by atoms with van der Waals surface area (Å²) < 4.78 is 124. The van der Waals surface area contributed by atoms with E-state index in [-0.39, 0.29) is 96.7 Å². The molecule has 0 atom stereocenters. The number of para-hydroxylation sites is 1. The summed E-state index contributed by atoms with van der Waals surface area (Å²) >= 11 is 1.69. The number of nitrogens with zero attached hydrogens (tertiary/aromatic N) is 2. The van der Waals surface area contributed by atoms with Gasteiger partial charge in [0.2, 0.25) is 0 Å². The number of hydrogen-bond donors (Lipinski definition) is 0. The molecule has 11 aromatic rings. The fourth-order valence-electron chi connectivity index (χ4n) is 7.86. The molecule has 3 heteroatoms. The maximum absolute atomic E-state index is 9.87. The van der Waals surface area contributed by atoms with Gasteiger partial charge >= 0.3 is 0 Å².